The number of nitrogens with zero attached hydrogens (tertiary/aromatic N) is 2. The molecule has 1 N–H and O–H groups in total. The van der Waals surface area contributed by atoms with Gasteiger partial charge in [0.1, 0.15) is 13.7 Å². The van der Waals surface area contributed by atoms with Crippen LogP contribution in [-0.4, -0.2) is 31.5 Å². The van der Waals surface area contributed by atoms with E-state index in [0.717, 1.165) is 23.3 Å². The molecule has 0 bridgehead atoms. The first kappa shape index (κ1) is 23.9. The number of hydrogen-bond acceptors (Lipinski definition) is 5. The van der Waals surface area contributed by atoms with Crippen LogP contribution in [0.15, 0.2) is 46.7 Å². The number of carbonyl (C=O) groups excluding carboxylic acids is 1. The molecule has 0 aliphatic rings. The molecule has 2 rings (SSSR count). The van der Waals surface area contributed by atoms with Crippen LogP contribution in [0, 0.1) is 13.8 Å². The van der Waals surface area contributed by atoms with Gasteiger partial charge in [0.05, 0.1) is 11.3 Å². The normalized spacial score (nSPS) is 12.5. The highest BCUT2D eigenvalue weighted by Crippen LogP contribution is 2.29. The summed E-state index contributed by atoms with van der Waals surface area (Å²) in [4.78, 5) is 22.5. The number of likely N-dealkylation sites (N-methyl/N-ethyl adjacent to an activating group) is 1. The number of amides is 1. The van der Waals surface area contributed by atoms with Gasteiger partial charge >= 0.3 is 6.18 Å². The Bertz CT molecular complexity index is 1010. The number of aryl methyl sites for hydroxylation is 2. The molecule has 9 heteroatoms. The van der Waals surface area contributed by atoms with Crippen LogP contribution in [0.4, 0.5) is 13.2 Å². The monoisotopic (exact) mass is 435 g/mol. The Labute approximate surface area is 178 Å². The van der Waals surface area contributed by atoms with Crippen LogP contribution in [0.25, 0.3) is 0 Å². The maximum atomic E-state index is 12.9. The molecular formula is C22H24F3N3O3. The van der Waals surface area contributed by atoms with Gasteiger partial charge < -0.3 is 15.0 Å². The Morgan fingerprint density at radius 2 is 1.77 bits per heavy atom. The van der Waals surface area contributed by atoms with Crippen molar-refractivity contribution in [2.75, 3.05) is 14.2 Å². The molecule has 0 radical (unpaired) electrons. The highest BCUT2D eigenvalue weighted by molar-refractivity contribution is 6.45. The fourth-order valence-corrected chi connectivity index (χ4v) is 2.81. The van der Waals surface area contributed by atoms with Crippen molar-refractivity contribution in [2.45, 2.75) is 33.6 Å². The van der Waals surface area contributed by atoms with Gasteiger partial charge in [-0.3, -0.25) is 4.79 Å². The fourth-order valence-electron chi connectivity index (χ4n) is 2.81. The van der Waals surface area contributed by atoms with Gasteiger partial charge in [0.2, 0.25) is 0 Å². The topological polar surface area (TPSA) is 72.3 Å². The standard InChI is InChI=1S/C22H24F3N3O3/c1-13-9-17(19(10-14(13)2)20(28-30-5)21(29)26-4)12-31-27-15(3)16-7-6-8-18(11-16)22(23,24)25/h6-11H,12H2,1-5H3,(H,26,29)/b27-15-,28-20-. The van der Waals surface area contributed by atoms with Crippen LogP contribution in [0.2, 0.25) is 0 Å². The third-order valence-corrected chi connectivity index (χ3v) is 4.63. The van der Waals surface area contributed by atoms with Gasteiger partial charge in [-0.15, -0.1) is 0 Å². The Morgan fingerprint density at radius 3 is 2.39 bits per heavy atom. The number of nitrogens with one attached hydrogen (secondary N) is 1. The minimum absolute atomic E-state index is 0.0213. The molecule has 2 aromatic carbocycles. The quantitative estimate of drug-likeness (QED) is 0.519. The van der Waals surface area contributed by atoms with E-state index in [-0.39, 0.29) is 18.0 Å². The third kappa shape index (κ3) is 6.07. The van der Waals surface area contributed by atoms with Gasteiger partial charge in [-0.2, -0.15) is 13.2 Å². The number of carbonyl (C=O) groups is 1. The van der Waals surface area contributed by atoms with Crippen molar-refractivity contribution in [3.8, 4) is 0 Å². The first-order valence-electron chi connectivity index (χ1n) is 9.36. The summed E-state index contributed by atoms with van der Waals surface area (Å²) in [6.45, 7) is 5.34. The second kappa shape index (κ2) is 10.1. The molecule has 0 aromatic heterocycles. The second-order valence-corrected chi connectivity index (χ2v) is 6.82. The van der Waals surface area contributed by atoms with Gasteiger partial charge in [-0.25, -0.2) is 0 Å². The lowest BCUT2D eigenvalue weighted by Gasteiger charge is -2.13. The Hall–Kier alpha value is -3.36. The number of hydrogen-bond donors (Lipinski definition) is 1. The summed E-state index contributed by atoms with van der Waals surface area (Å²) < 4.78 is 38.8. The van der Waals surface area contributed by atoms with Crippen molar-refractivity contribution in [3.63, 3.8) is 0 Å². The van der Waals surface area contributed by atoms with E-state index in [1.807, 2.05) is 19.9 Å². The summed E-state index contributed by atoms with van der Waals surface area (Å²) in [6.07, 6.45) is -4.44. The van der Waals surface area contributed by atoms with E-state index in [9.17, 15) is 18.0 Å². The van der Waals surface area contributed by atoms with Gasteiger partial charge in [0.25, 0.3) is 5.91 Å². The number of halogens is 3. The van der Waals surface area contributed by atoms with Crippen molar-refractivity contribution in [3.05, 3.63) is 69.8 Å². The molecule has 1 amide bonds. The molecule has 0 saturated carbocycles. The lowest BCUT2D eigenvalue weighted by molar-refractivity contribution is -0.137. The molecule has 2 aromatic rings. The average Bonchev–Trinajstić information content (AvgIpc) is 2.73. The van der Waals surface area contributed by atoms with Crippen LogP contribution < -0.4 is 5.32 Å². The predicted molar refractivity (Wildman–Crippen MR) is 112 cm³/mol. The van der Waals surface area contributed by atoms with Gasteiger partial charge in [0, 0.05) is 18.2 Å². The number of rotatable bonds is 7. The predicted octanol–water partition coefficient (Wildman–Crippen LogP) is 4.36. The summed E-state index contributed by atoms with van der Waals surface area (Å²) in [5.74, 6) is -0.435. The summed E-state index contributed by atoms with van der Waals surface area (Å²) in [6, 6.07) is 8.48. The van der Waals surface area contributed by atoms with Crippen LogP contribution in [0.3, 0.4) is 0 Å². The van der Waals surface area contributed by atoms with Crippen LogP contribution in [-0.2, 0) is 27.3 Å². The highest BCUT2D eigenvalue weighted by atomic mass is 19.4. The minimum Gasteiger partial charge on any atom is -0.398 e. The highest BCUT2D eigenvalue weighted by Gasteiger charge is 2.30. The number of benzene rings is 2. The Kier molecular flexibility index (Phi) is 7.79. The van der Waals surface area contributed by atoms with Crippen molar-refractivity contribution in [1.29, 1.82) is 0 Å². The molecule has 6 nitrogen and oxygen atoms in total. The molecule has 0 fully saturated rings. The van der Waals surface area contributed by atoms with Crippen LogP contribution in [0.5, 0.6) is 0 Å². The van der Waals surface area contributed by atoms with E-state index in [1.165, 1.54) is 26.3 Å². The zero-order valence-electron chi connectivity index (χ0n) is 17.9. The summed E-state index contributed by atoms with van der Waals surface area (Å²) in [7, 11) is 2.82. The average molecular weight is 435 g/mol. The molecule has 0 heterocycles. The van der Waals surface area contributed by atoms with Crippen molar-refractivity contribution >= 4 is 17.3 Å². The largest absolute Gasteiger partial charge is 0.416 e. The van der Waals surface area contributed by atoms with Crippen molar-refractivity contribution in [1.82, 2.24) is 5.32 Å². The number of oxime groups is 2. The summed E-state index contributed by atoms with van der Waals surface area (Å²) >= 11 is 0. The Morgan fingerprint density at radius 1 is 1.10 bits per heavy atom. The van der Waals surface area contributed by atoms with E-state index in [0.29, 0.717) is 16.7 Å². The molecule has 0 unspecified atom stereocenters. The molecule has 0 saturated heterocycles. The maximum absolute atomic E-state index is 12.9. The van der Waals surface area contributed by atoms with Crippen LogP contribution >= 0.6 is 0 Å². The van der Waals surface area contributed by atoms with Gasteiger partial charge in [-0.1, -0.05) is 28.5 Å². The first-order chi connectivity index (χ1) is 14.6. The summed E-state index contributed by atoms with van der Waals surface area (Å²) in [5, 5.41) is 10.3. The smallest absolute Gasteiger partial charge is 0.398 e. The van der Waals surface area contributed by atoms with E-state index in [4.69, 9.17) is 9.68 Å². The first-order valence-corrected chi connectivity index (χ1v) is 9.36. The molecule has 0 spiro atoms. The molecular weight excluding hydrogens is 411 g/mol. The lowest BCUT2D eigenvalue weighted by atomic mass is 9.96. The molecule has 0 aliphatic heterocycles. The Balaban J connectivity index is 2.32. The van der Waals surface area contributed by atoms with Crippen molar-refractivity contribution in [2.24, 2.45) is 10.3 Å². The molecule has 0 aliphatic carbocycles. The zero-order chi connectivity index (χ0) is 23.2. The SMILES string of the molecule is CNC(=O)/C(=N\OC)c1cc(C)c(C)cc1CO/N=C(/C)c1cccc(C(F)(F)F)c1. The van der Waals surface area contributed by atoms with Crippen LogP contribution in [0.1, 0.15) is 40.3 Å². The minimum atomic E-state index is -4.44. The maximum Gasteiger partial charge on any atom is 0.416 e. The zero-order valence-corrected chi connectivity index (χ0v) is 17.9. The van der Waals surface area contributed by atoms with Crippen molar-refractivity contribution < 1.29 is 27.6 Å². The third-order valence-electron chi connectivity index (χ3n) is 4.63. The van der Waals surface area contributed by atoms with E-state index >= 15 is 0 Å². The second-order valence-electron chi connectivity index (χ2n) is 6.82. The van der Waals surface area contributed by atoms with Gasteiger partial charge in [0.15, 0.2) is 5.71 Å². The summed E-state index contributed by atoms with van der Waals surface area (Å²) in [5.41, 5.74) is 2.94. The molecule has 31 heavy (non-hydrogen) atoms. The number of alkyl halides is 3. The fraction of sp³-hybridized carbons (Fsp3) is 0.318. The van der Waals surface area contributed by atoms with E-state index < -0.39 is 17.6 Å². The van der Waals surface area contributed by atoms with E-state index in [2.05, 4.69) is 15.6 Å². The van der Waals surface area contributed by atoms with Gasteiger partial charge in [-0.05, 0) is 55.7 Å². The van der Waals surface area contributed by atoms with E-state index in [1.54, 1.807) is 13.0 Å². The lowest BCUT2D eigenvalue weighted by Crippen LogP contribution is -2.29. The molecule has 0 atom stereocenters. The molecule has 166 valence electrons.